The van der Waals surface area contributed by atoms with Crippen LogP contribution in [-0.4, -0.2) is 47.1 Å². The van der Waals surface area contributed by atoms with Crippen molar-refractivity contribution >= 4 is 16.9 Å². The Labute approximate surface area is 163 Å². The lowest BCUT2D eigenvalue weighted by Gasteiger charge is -2.36. The van der Waals surface area contributed by atoms with E-state index >= 15 is 0 Å². The molecule has 2 aliphatic rings. The molecule has 1 atom stereocenters. The average molecular weight is 379 g/mol. The van der Waals surface area contributed by atoms with Crippen LogP contribution in [0.4, 0.5) is 0 Å². The number of aromatic nitrogens is 6. The molecule has 0 N–H and O–H groups in total. The largest absolute Gasteiger partial charge is 0.329 e. The molecule has 5 rings (SSSR count). The number of rotatable bonds is 5. The van der Waals surface area contributed by atoms with Crippen molar-refractivity contribution in [2.45, 2.75) is 58.2 Å². The smallest absolute Gasteiger partial charge is 0.246 e. The molecule has 1 saturated carbocycles. The van der Waals surface area contributed by atoms with Gasteiger partial charge in [0.25, 0.3) is 0 Å². The summed E-state index contributed by atoms with van der Waals surface area (Å²) >= 11 is 0. The second-order valence-corrected chi connectivity index (χ2v) is 8.28. The number of benzene rings is 1. The van der Waals surface area contributed by atoms with E-state index in [4.69, 9.17) is 10.1 Å². The summed E-state index contributed by atoms with van der Waals surface area (Å²) in [5.74, 6) is 2.90. The minimum absolute atomic E-state index is 0.0354. The summed E-state index contributed by atoms with van der Waals surface area (Å²) in [6.45, 7) is 5.86. The molecule has 2 aromatic heterocycles. The lowest BCUT2D eigenvalue weighted by Crippen LogP contribution is -2.44. The predicted molar refractivity (Wildman–Crippen MR) is 103 cm³/mol. The van der Waals surface area contributed by atoms with E-state index in [0.29, 0.717) is 24.9 Å². The number of fused-ring (bicyclic) bond motifs is 2. The third-order valence-electron chi connectivity index (χ3n) is 5.51. The summed E-state index contributed by atoms with van der Waals surface area (Å²) in [4.78, 5) is 21.5. The van der Waals surface area contributed by atoms with Crippen LogP contribution in [0.5, 0.6) is 0 Å². The van der Waals surface area contributed by atoms with E-state index in [1.807, 2.05) is 33.8 Å². The van der Waals surface area contributed by atoms with Crippen LogP contribution in [-0.2, 0) is 17.9 Å². The van der Waals surface area contributed by atoms with Gasteiger partial charge in [0.2, 0.25) is 5.91 Å². The number of carbonyl (C=O) groups excluding carboxylic acids is 1. The van der Waals surface area contributed by atoms with Gasteiger partial charge in [0.1, 0.15) is 23.4 Å². The molecule has 8 heteroatoms. The molecular formula is C20H25N7O. The fourth-order valence-corrected chi connectivity index (χ4v) is 3.96. The maximum absolute atomic E-state index is 13.2. The standard InChI is InChI=1S/C20H25N7O/c1-13(2)11-17-20-21-19(14-7-8-14)24-26(20)10-9-25(17)18(28)12-27-22-15-5-3-4-6-16(15)23-27/h3-6,13-14,17H,7-12H2,1-2H3/t17-/m0/s1. The van der Waals surface area contributed by atoms with Gasteiger partial charge in [-0.05, 0) is 37.3 Å². The molecule has 0 spiro atoms. The average Bonchev–Trinajstić information content (AvgIpc) is 3.28. The van der Waals surface area contributed by atoms with E-state index in [1.54, 1.807) is 0 Å². The first kappa shape index (κ1) is 17.3. The molecule has 1 aromatic carbocycles. The molecule has 28 heavy (non-hydrogen) atoms. The Morgan fingerprint density at radius 1 is 1.11 bits per heavy atom. The minimum Gasteiger partial charge on any atom is -0.329 e. The topological polar surface area (TPSA) is 81.7 Å². The van der Waals surface area contributed by atoms with Gasteiger partial charge in [-0.1, -0.05) is 26.0 Å². The van der Waals surface area contributed by atoms with Gasteiger partial charge in [-0.3, -0.25) is 4.79 Å². The first-order valence-electron chi connectivity index (χ1n) is 10.1. The van der Waals surface area contributed by atoms with Crippen LogP contribution in [0, 0.1) is 5.92 Å². The van der Waals surface area contributed by atoms with Crippen LogP contribution in [0.25, 0.3) is 11.0 Å². The van der Waals surface area contributed by atoms with Crippen LogP contribution >= 0.6 is 0 Å². The van der Waals surface area contributed by atoms with Crippen molar-refractivity contribution < 1.29 is 4.79 Å². The van der Waals surface area contributed by atoms with Gasteiger partial charge < -0.3 is 4.90 Å². The van der Waals surface area contributed by atoms with Gasteiger partial charge in [0, 0.05) is 12.5 Å². The SMILES string of the molecule is CC(C)C[C@H]1c2nc(C3CC3)nn2CCN1C(=O)Cn1nc2ccccc2n1. The van der Waals surface area contributed by atoms with Crippen molar-refractivity contribution in [3.63, 3.8) is 0 Å². The van der Waals surface area contributed by atoms with Crippen LogP contribution in [0.1, 0.15) is 56.7 Å². The quantitative estimate of drug-likeness (QED) is 0.680. The molecule has 3 aromatic rings. The number of carbonyl (C=O) groups is 1. The molecule has 1 aliphatic heterocycles. The highest BCUT2D eigenvalue weighted by Gasteiger charge is 2.37. The number of nitrogens with zero attached hydrogens (tertiary/aromatic N) is 7. The molecule has 8 nitrogen and oxygen atoms in total. The summed E-state index contributed by atoms with van der Waals surface area (Å²) in [6, 6.07) is 7.64. The maximum atomic E-state index is 13.2. The van der Waals surface area contributed by atoms with Gasteiger partial charge in [-0.2, -0.15) is 20.1 Å². The van der Waals surface area contributed by atoms with Gasteiger partial charge in [-0.25, -0.2) is 9.67 Å². The van der Waals surface area contributed by atoms with Crippen molar-refractivity contribution in [2.75, 3.05) is 6.54 Å². The maximum Gasteiger partial charge on any atom is 0.246 e. The van der Waals surface area contributed by atoms with Crippen molar-refractivity contribution in [3.8, 4) is 0 Å². The Bertz CT molecular complexity index is 984. The summed E-state index contributed by atoms with van der Waals surface area (Å²) < 4.78 is 2.02. The predicted octanol–water partition coefficient (Wildman–Crippen LogP) is 2.53. The molecular weight excluding hydrogens is 354 g/mol. The molecule has 146 valence electrons. The molecule has 1 amide bonds. The normalized spacial score (nSPS) is 19.4. The highest BCUT2D eigenvalue weighted by molar-refractivity contribution is 5.77. The zero-order chi connectivity index (χ0) is 19.3. The van der Waals surface area contributed by atoms with Gasteiger partial charge >= 0.3 is 0 Å². The second kappa shape index (κ2) is 6.68. The van der Waals surface area contributed by atoms with Crippen molar-refractivity contribution in [2.24, 2.45) is 5.92 Å². The fourth-order valence-electron chi connectivity index (χ4n) is 3.96. The van der Waals surface area contributed by atoms with E-state index < -0.39 is 0 Å². The first-order chi connectivity index (χ1) is 13.6. The second-order valence-electron chi connectivity index (χ2n) is 8.28. The monoisotopic (exact) mass is 379 g/mol. The van der Waals surface area contributed by atoms with Crippen LogP contribution in [0.2, 0.25) is 0 Å². The molecule has 0 bridgehead atoms. The number of hydrogen-bond acceptors (Lipinski definition) is 5. The molecule has 1 aliphatic carbocycles. The third kappa shape index (κ3) is 3.16. The molecule has 3 heterocycles. The van der Waals surface area contributed by atoms with Crippen LogP contribution < -0.4 is 0 Å². The van der Waals surface area contributed by atoms with Gasteiger partial charge in [0.05, 0.1) is 12.6 Å². The highest BCUT2D eigenvalue weighted by Crippen LogP contribution is 2.40. The highest BCUT2D eigenvalue weighted by atomic mass is 16.2. The van der Waals surface area contributed by atoms with E-state index in [9.17, 15) is 4.79 Å². The van der Waals surface area contributed by atoms with Crippen molar-refractivity contribution in [1.82, 2.24) is 34.7 Å². The Morgan fingerprint density at radius 3 is 2.46 bits per heavy atom. The summed E-state index contributed by atoms with van der Waals surface area (Å²) in [5, 5.41) is 13.6. The fraction of sp³-hybridized carbons (Fsp3) is 0.550. The molecule has 0 saturated heterocycles. The molecule has 1 fully saturated rings. The summed E-state index contributed by atoms with van der Waals surface area (Å²) in [6.07, 6.45) is 3.24. The summed E-state index contributed by atoms with van der Waals surface area (Å²) in [7, 11) is 0. The Morgan fingerprint density at radius 2 is 1.82 bits per heavy atom. The van der Waals surface area contributed by atoms with E-state index in [0.717, 1.165) is 29.1 Å². The third-order valence-corrected chi connectivity index (χ3v) is 5.51. The molecule has 0 unspecified atom stereocenters. The van der Waals surface area contributed by atoms with E-state index in [2.05, 4.69) is 24.0 Å². The Hall–Kier alpha value is -2.77. The van der Waals surface area contributed by atoms with Gasteiger partial charge in [-0.15, -0.1) is 0 Å². The van der Waals surface area contributed by atoms with Crippen molar-refractivity contribution in [3.05, 3.63) is 35.9 Å². The van der Waals surface area contributed by atoms with Crippen molar-refractivity contribution in [1.29, 1.82) is 0 Å². The van der Waals surface area contributed by atoms with Gasteiger partial charge in [0.15, 0.2) is 5.82 Å². The zero-order valence-corrected chi connectivity index (χ0v) is 16.3. The summed E-state index contributed by atoms with van der Waals surface area (Å²) in [5.41, 5.74) is 1.61. The Kier molecular flexibility index (Phi) is 4.14. The van der Waals surface area contributed by atoms with E-state index in [1.165, 1.54) is 17.6 Å². The van der Waals surface area contributed by atoms with Crippen LogP contribution in [0.15, 0.2) is 24.3 Å². The minimum atomic E-state index is -0.0359. The first-order valence-corrected chi connectivity index (χ1v) is 10.1. The van der Waals surface area contributed by atoms with E-state index in [-0.39, 0.29) is 18.5 Å². The lowest BCUT2D eigenvalue weighted by atomic mass is 10.00. The number of amides is 1. The van der Waals surface area contributed by atoms with Crippen LogP contribution in [0.3, 0.4) is 0 Å². The number of hydrogen-bond donors (Lipinski definition) is 0. The Balaban J connectivity index is 1.40. The zero-order valence-electron chi connectivity index (χ0n) is 16.3. The lowest BCUT2D eigenvalue weighted by molar-refractivity contribution is -0.136. The molecule has 0 radical (unpaired) electrons.